The molecular formula is C21H31N7O3. The van der Waals surface area contributed by atoms with Crippen LogP contribution in [0.3, 0.4) is 0 Å². The molecule has 1 fully saturated rings. The Bertz CT molecular complexity index is 887. The standard InChI is InChI=1S/C21H31N7O3/c1-4-12(2)25-21(30)31-15-6-5-14(9-15)17-11-19(28-27-17)26-20-18(23-7-8-24-20)10-16(22)13(3)29/h7-8,10-15,22-23,29H,4-6,9H2,1-3H3,(H,25,30)(H2,24,26,27,28)/b18-10-,22-16?. The third-order valence-electron chi connectivity index (χ3n) is 5.44. The second kappa shape index (κ2) is 10.3. The second-order valence-corrected chi connectivity index (χ2v) is 7.95. The summed E-state index contributed by atoms with van der Waals surface area (Å²) in [4.78, 5) is 16.3. The van der Waals surface area contributed by atoms with E-state index in [0.717, 1.165) is 31.4 Å². The van der Waals surface area contributed by atoms with Crippen molar-refractivity contribution in [3.8, 4) is 0 Å². The highest BCUT2D eigenvalue weighted by molar-refractivity contribution is 6.12. The molecule has 0 aromatic carbocycles. The molecule has 10 heteroatoms. The van der Waals surface area contributed by atoms with Crippen LogP contribution in [0.1, 0.15) is 58.1 Å². The van der Waals surface area contributed by atoms with Crippen molar-refractivity contribution in [2.75, 3.05) is 5.32 Å². The van der Waals surface area contributed by atoms with Crippen molar-refractivity contribution in [1.29, 1.82) is 5.41 Å². The fraction of sp³-hybridized carbons (Fsp3) is 0.524. The quantitative estimate of drug-likeness (QED) is 0.367. The minimum absolute atomic E-state index is 0.0735. The first-order chi connectivity index (χ1) is 14.9. The number of carbonyl (C=O) groups is 1. The first kappa shape index (κ1) is 22.5. The van der Waals surface area contributed by atoms with Crippen LogP contribution in [0.5, 0.6) is 0 Å². The summed E-state index contributed by atoms with van der Waals surface area (Å²) in [6.45, 7) is 5.50. The lowest BCUT2D eigenvalue weighted by molar-refractivity contribution is 0.0974. The summed E-state index contributed by atoms with van der Waals surface area (Å²) in [7, 11) is 0. The average molecular weight is 430 g/mol. The van der Waals surface area contributed by atoms with Crippen LogP contribution in [-0.4, -0.2) is 51.2 Å². The number of hydrogen-bond donors (Lipinski definition) is 6. The first-order valence-corrected chi connectivity index (χ1v) is 10.6. The van der Waals surface area contributed by atoms with Gasteiger partial charge in [0.05, 0.1) is 17.5 Å². The highest BCUT2D eigenvalue weighted by atomic mass is 16.6. The molecule has 2 aliphatic rings. The van der Waals surface area contributed by atoms with Gasteiger partial charge in [0.15, 0.2) is 11.7 Å². The summed E-state index contributed by atoms with van der Waals surface area (Å²) >= 11 is 0. The van der Waals surface area contributed by atoms with E-state index in [1.54, 1.807) is 12.4 Å². The van der Waals surface area contributed by atoms with E-state index in [-0.39, 0.29) is 29.9 Å². The molecule has 31 heavy (non-hydrogen) atoms. The molecule has 0 radical (unpaired) electrons. The number of aliphatic imine (C=N–C) groups is 1. The molecule has 4 unspecified atom stereocenters. The maximum atomic E-state index is 12.0. The number of amides is 1. The molecule has 1 saturated carbocycles. The van der Waals surface area contributed by atoms with Crippen molar-refractivity contribution in [2.24, 2.45) is 4.99 Å². The van der Waals surface area contributed by atoms with Crippen molar-refractivity contribution in [3.05, 3.63) is 35.9 Å². The van der Waals surface area contributed by atoms with Crippen LogP contribution in [0.4, 0.5) is 10.6 Å². The Hall–Kier alpha value is -3.14. The zero-order chi connectivity index (χ0) is 22.4. The van der Waals surface area contributed by atoms with Crippen LogP contribution in [0.25, 0.3) is 0 Å². The van der Waals surface area contributed by atoms with Gasteiger partial charge < -0.3 is 31.2 Å². The Morgan fingerprint density at radius 3 is 3.00 bits per heavy atom. The molecule has 3 rings (SSSR count). The van der Waals surface area contributed by atoms with Gasteiger partial charge in [0.25, 0.3) is 0 Å². The Kier molecular flexibility index (Phi) is 7.45. The molecule has 4 atom stereocenters. The lowest BCUT2D eigenvalue weighted by Gasteiger charge is -2.16. The van der Waals surface area contributed by atoms with E-state index in [1.165, 1.54) is 13.0 Å². The smallest absolute Gasteiger partial charge is 0.407 e. The Labute approximate surface area is 181 Å². The number of anilines is 1. The summed E-state index contributed by atoms with van der Waals surface area (Å²) in [5.41, 5.74) is 1.61. The van der Waals surface area contributed by atoms with E-state index in [1.807, 2.05) is 19.9 Å². The molecule has 1 aromatic heterocycles. The predicted octanol–water partition coefficient (Wildman–Crippen LogP) is 2.74. The van der Waals surface area contributed by atoms with Crippen LogP contribution >= 0.6 is 0 Å². The topological polar surface area (TPSA) is 148 Å². The van der Waals surface area contributed by atoms with Crippen molar-refractivity contribution in [3.63, 3.8) is 0 Å². The Balaban J connectivity index is 1.58. The number of amidine groups is 1. The van der Waals surface area contributed by atoms with Gasteiger partial charge in [0.1, 0.15) is 6.10 Å². The fourth-order valence-corrected chi connectivity index (χ4v) is 3.41. The van der Waals surface area contributed by atoms with Crippen molar-refractivity contribution in [2.45, 2.75) is 70.6 Å². The lowest BCUT2D eigenvalue weighted by Crippen LogP contribution is -2.34. The number of aliphatic hydroxyl groups is 1. The fourth-order valence-electron chi connectivity index (χ4n) is 3.41. The number of nitrogens with one attached hydrogen (secondary N) is 5. The van der Waals surface area contributed by atoms with Crippen LogP contribution in [0, 0.1) is 5.41 Å². The molecular weight excluding hydrogens is 398 g/mol. The molecule has 2 heterocycles. The summed E-state index contributed by atoms with van der Waals surface area (Å²) < 4.78 is 5.55. The van der Waals surface area contributed by atoms with Gasteiger partial charge in [0, 0.05) is 36.1 Å². The van der Waals surface area contributed by atoms with E-state index in [2.05, 4.69) is 31.1 Å². The summed E-state index contributed by atoms with van der Waals surface area (Å²) in [6, 6.07) is 2.02. The van der Waals surface area contributed by atoms with Crippen molar-refractivity contribution < 1.29 is 14.6 Å². The molecule has 1 aliphatic carbocycles. The number of aromatic nitrogens is 2. The monoisotopic (exact) mass is 429 g/mol. The molecule has 1 amide bonds. The lowest BCUT2D eigenvalue weighted by atomic mass is 10.0. The molecule has 0 saturated heterocycles. The van der Waals surface area contributed by atoms with Gasteiger partial charge in [-0.15, -0.1) is 0 Å². The highest BCUT2D eigenvalue weighted by Crippen LogP contribution is 2.35. The average Bonchev–Trinajstić information content (AvgIpc) is 3.38. The number of aliphatic hydroxyl groups excluding tert-OH is 1. The molecule has 0 spiro atoms. The van der Waals surface area contributed by atoms with E-state index in [4.69, 9.17) is 10.1 Å². The highest BCUT2D eigenvalue weighted by Gasteiger charge is 2.30. The Morgan fingerprint density at radius 2 is 2.26 bits per heavy atom. The number of H-pyrrole nitrogens is 1. The zero-order valence-electron chi connectivity index (χ0n) is 18.1. The van der Waals surface area contributed by atoms with Crippen molar-refractivity contribution in [1.82, 2.24) is 20.8 Å². The van der Waals surface area contributed by atoms with Crippen molar-refractivity contribution >= 4 is 23.5 Å². The maximum Gasteiger partial charge on any atom is 0.407 e. The number of rotatable bonds is 7. The zero-order valence-corrected chi connectivity index (χ0v) is 18.1. The SMILES string of the molecule is CCC(C)NC(=O)OC1CCC(c2cc(NC3=NC=CN/C3=C\C(=N)C(C)O)n[nH]2)C1. The Morgan fingerprint density at radius 1 is 1.45 bits per heavy atom. The van der Waals surface area contributed by atoms with Gasteiger partial charge in [-0.05, 0) is 45.6 Å². The summed E-state index contributed by atoms with van der Waals surface area (Å²) in [5, 5.41) is 33.8. The number of hydrogen-bond acceptors (Lipinski definition) is 8. The minimum atomic E-state index is -0.872. The van der Waals surface area contributed by atoms with E-state index < -0.39 is 6.10 Å². The molecule has 1 aromatic rings. The van der Waals surface area contributed by atoms with E-state index in [0.29, 0.717) is 17.4 Å². The molecule has 10 nitrogen and oxygen atoms in total. The van der Waals surface area contributed by atoms with E-state index in [9.17, 15) is 9.90 Å². The predicted molar refractivity (Wildman–Crippen MR) is 119 cm³/mol. The van der Waals surface area contributed by atoms with Gasteiger partial charge in [-0.25, -0.2) is 9.79 Å². The molecule has 0 bridgehead atoms. The van der Waals surface area contributed by atoms with Gasteiger partial charge in [-0.2, -0.15) is 5.10 Å². The van der Waals surface area contributed by atoms with Crippen LogP contribution in [0.2, 0.25) is 0 Å². The second-order valence-electron chi connectivity index (χ2n) is 7.95. The van der Waals surface area contributed by atoms with Gasteiger partial charge in [0.2, 0.25) is 0 Å². The molecule has 6 N–H and O–H groups in total. The summed E-state index contributed by atoms with van der Waals surface area (Å²) in [5.74, 6) is 1.33. The molecule has 1 aliphatic heterocycles. The molecule has 168 valence electrons. The van der Waals surface area contributed by atoms with E-state index >= 15 is 0 Å². The summed E-state index contributed by atoms with van der Waals surface area (Å²) in [6.07, 6.45) is 6.77. The number of ether oxygens (including phenoxy) is 1. The van der Waals surface area contributed by atoms with Gasteiger partial charge >= 0.3 is 6.09 Å². The van der Waals surface area contributed by atoms with Crippen LogP contribution in [0.15, 0.2) is 35.2 Å². The number of carbonyl (C=O) groups excluding carboxylic acids is 1. The minimum Gasteiger partial charge on any atom is -0.446 e. The maximum absolute atomic E-state index is 12.0. The third-order valence-corrected chi connectivity index (χ3v) is 5.44. The largest absolute Gasteiger partial charge is 0.446 e. The van der Waals surface area contributed by atoms with Crippen LogP contribution in [-0.2, 0) is 4.74 Å². The van der Waals surface area contributed by atoms with Gasteiger partial charge in [-0.3, -0.25) is 5.10 Å². The van der Waals surface area contributed by atoms with Gasteiger partial charge in [-0.1, -0.05) is 6.92 Å². The number of aromatic amines is 1. The normalized spacial score (nSPS) is 23.6. The third kappa shape index (κ3) is 6.17. The number of nitrogens with zero attached hydrogens (tertiary/aromatic N) is 2. The first-order valence-electron chi connectivity index (χ1n) is 10.6. The van der Waals surface area contributed by atoms with Crippen LogP contribution < -0.4 is 16.0 Å². The number of alkyl carbamates (subject to hydrolysis) is 1.